The Kier molecular flexibility index (Phi) is 13.1. The highest BCUT2D eigenvalue weighted by atomic mass is 19.1. The Morgan fingerprint density at radius 3 is 2.06 bits per heavy atom. The summed E-state index contributed by atoms with van der Waals surface area (Å²) in [6.45, 7) is 11.0. The maximum atomic E-state index is 15.1. The molecule has 0 aromatic heterocycles. The van der Waals surface area contributed by atoms with Gasteiger partial charge in [0, 0.05) is 39.2 Å². The molecule has 49 heavy (non-hydrogen) atoms. The van der Waals surface area contributed by atoms with Gasteiger partial charge in [0.2, 0.25) is 5.91 Å². The molecule has 1 atom stereocenters. The highest BCUT2D eigenvalue weighted by Crippen LogP contribution is 2.36. The largest absolute Gasteiger partial charge is 0.456 e. The topological polar surface area (TPSA) is 125 Å². The van der Waals surface area contributed by atoms with Crippen molar-refractivity contribution in [3.8, 4) is 0 Å². The van der Waals surface area contributed by atoms with Crippen molar-refractivity contribution in [1.29, 1.82) is 0 Å². The van der Waals surface area contributed by atoms with Crippen LogP contribution in [-0.4, -0.2) is 65.6 Å². The van der Waals surface area contributed by atoms with Crippen LogP contribution in [0.5, 0.6) is 0 Å². The molecule has 0 aliphatic carbocycles. The van der Waals surface area contributed by atoms with Crippen LogP contribution in [0.2, 0.25) is 0 Å². The molecule has 0 aliphatic heterocycles. The number of carbonyl (C=O) groups excluding carboxylic acids is 4. The van der Waals surface area contributed by atoms with Gasteiger partial charge in [-0.05, 0) is 83.4 Å². The van der Waals surface area contributed by atoms with E-state index in [1.54, 1.807) is 77.8 Å². The van der Waals surface area contributed by atoms with Crippen molar-refractivity contribution in [3.63, 3.8) is 0 Å². The summed E-state index contributed by atoms with van der Waals surface area (Å²) in [6.07, 6.45) is -2.38. The average molecular weight is 678 g/mol. The second kappa shape index (κ2) is 16.6. The number of ketones is 1. The van der Waals surface area contributed by atoms with Crippen LogP contribution in [0.1, 0.15) is 87.5 Å². The number of rotatable bonds is 13. The van der Waals surface area contributed by atoms with Crippen molar-refractivity contribution < 1.29 is 38.1 Å². The van der Waals surface area contributed by atoms with Gasteiger partial charge in [-0.15, -0.1) is 0 Å². The fraction of sp³-hybridized carbons (Fsp3) is 0.421. The first kappa shape index (κ1) is 38.7. The molecule has 0 saturated carbocycles. The van der Waals surface area contributed by atoms with E-state index in [1.807, 2.05) is 30.3 Å². The van der Waals surface area contributed by atoms with Crippen LogP contribution >= 0.6 is 0 Å². The molecule has 264 valence electrons. The van der Waals surface area contributed by atoms with Crippen molar-refractivity contribution >= 4 is 35.1 Å². The first-order valence-corrected chi connectivity index (χ1v) is 16.2. The third kappa shape index (κ3) is 12.6. The zero-order chi connectivity index (χ0) is 36.5. The molecule has 10 nitrogen and oxygen atoms in total. The lowest BCUT2D eigenvalue weighted by Gasteiger charge is -2.28. The second-order valence-electron chi connectivity index (χ2n) is 14.1. The summed E-state index contributed by atoms with van der Waals surface area (Å²) in [6, 6.07) is 18.3. The molecule has 0 heterocycles. The van der Waals surface area contributed by atoms with E-state index < -0.39 is 47.5 Å². The van der Waals surface area contributed by atoms with Crippen molar-refractivity contribution in [2.75, 3.05) is 30.9 Å². The number of halogens is 1. The molecule has 3 rings (SSSR count). The van der Waals surface area contributed by atoms with Crippen LogP contribution in [0.25, 0.3) is 0 Å². The summed E-state index contributed by atoms with van der Waals surface area (Å²) in [5.74, 6) is -2.14. The molecule has 0 bridgehead atoms. The Hall–Kier alpha value is -4.77. The standard InChI is InChI=1S/C38H48FN3O7/c1-37(2,3)48-35(46)27-16-14-25(15-17-27)20-29(43)23-33(45)40-34-30(32(44)18-19-41(7)36(47)49-38(4,5)6)21-28(39)22-31(34)42(8)24-26-12-10-9-11-13-26/h9-17,21-22,32,44H,18-20,23-24H2,1-8H3,(H,40,45). The minimum Gasteiger partial charge on any atom is -0.456 e. The lowest BCUT2D eigenvalue weighted by atomic mass is 10.0. The molecule has 3 aromatic rings. The van der Waals surface area contributed by atoms with Crippen LogP contribution in [0.4, 0.5) is 20.6 Å². The number of benzene rings is 3. The fourth-order valence-corrected chi connectivity index (χ4v) is 4.91. The zero-order valence-electron chi connectivity index (χ0n) is 29.6. The number of aliphatic hydroxyl groups excluding tert-OH is 1. The number of hydrogen-bond donors (Lipinski definition) is 2. The van der Waals surface area contributed by atoms with Crippen LogP contribution in [0.15, 0.2) is 66.7 Å². The average Bonchev–Trinajstić information content (AvgIpc) is 2.99. The van der Waals surface area contributed by atoms with E-state index in [4.69, 9.17) is 9.47 Å². The quantitative estimate of drug-likeness (QED) is 0.149. The SMILES string of the molecule is CN(CCC(O)c1cc(F)cc(N(C)Cc2ccccc2)c1NC(=O)CC(=O)Cc1ccc(C(=O)OC(C)(C)C)cc1)C(=O)OC(C)(C)C. The van der Waals surface area contributed by atoms with E-state index in [1.165, 1.54) is 18.0 Å². The van der Waals surface area contributed by atoms with Crippen LogP contribution in [0, 0.1) is 5.82 Å². The lowest BCUT2D eigenvalue weighted by Crippen LogP contribution is -2.35. The molecule has 11 heteroatoms. The molecule has 0 saturated heterocycles. The Labute approximate surface area is 288 Å². The van der Waals surface area contributed by atoms with Crippen LogP contribution < -0.4 is 10.2 Å². The van der Waals surface area contributed by atoms with E-state index in [-0.39, 0.29) is 36.4 Å². The summed E-state index contributed by atoms with van der Waals surface area (Å²) in [5, 5.41) is 14.0. The number of esters is 1. The maximum absolute atomic E-state index is 15.1. The lowest BCUT2D eigenvalue weighted by molar-refractivity contribution is -0.125. The van der Waals surface area contributed by atoms with Gasteiger partial charge in [0.1, 0.15) is 22.8 Å². The highest BCUT2D eigenvalue weighted by Gasteiger charge is 2.25. The summed E-state index contributed by atoms with van der Waals surface area (Å²) in [4.78, 5) is 54.1. The van der Waals surface area contributed by atoms with Crippen molar-refractivity contribution in [1.82, 2.24) is 4.90 Å². The number of amides is 2. The van der Waals surface area contributed by atoms with Gasteiger partial charge in [0.25, 0.3) is 0 Å². The van der Waals surface area contributed by atoms with E-state index in [2.05, 4.69) is 5.32 Å². The fourth-order valence-electron chi connectivity index (χ4n) is 4.91. The Balaban J connectivity index is 1.81. The van der Waals surface area contributed by atoms with E-state index in [9.17, 15) is 24.3 Å². The number of carbonyl (C=O) groups is 4. The van der Waals surface area contributed by atoms with E-state index in [0.29, 0.717) is 23.4 Å². The molecular formula is C38H48FN3O7. The Morgan fingerprint density at radius 2 is 1.47 bits per heavy atom. The molecule has 1 unspecified atom stereocenters. The van der Waals surface area contributed by atoms with Crippen LogP contribution in [-0.2, 0) is 32.0 Å². The zero-order valence-corrected chi connectivity index (χ0v) is 29.6. The molecule has 0 radical (unpaired) electrons. The van der Waals surface area contributed by atoms with Crippen LogP contribution in [0.3, 0.4) is 0 Å². The molecular weight excluding hydrogens is 629 g/mol. The minimum atomic E-state index is -1.28. The summed E-state index contributed by atoms with van der Waals surface area (Å²) in [7, 11) is 3.26. The number of ether oxygens (including phenoxy) is 2. The van der Waals surface area contributed by atoms with Gasteiger partial charge in [0.15, 0.2) is 0 Å². The molecule has 0 aliphatic rings. The molecule has 3 aromatic carbocycles. The van der Waals surface area contributed by atoms with Gasteiger partial charge in [-0.3, -0.25) is 9.59 Å². The molecule has 2 N–H and O–H groups in total. The number of hydrogen-bond acceptors (Lipinski definition) is 8. The molecule has 2 amide bonds. The minimum absolute atomic E-state index is 0.0160. The van der Waals surface area contributed by atoms with E-state index in [0.717, 1.165) is 11.6 Å². The normalized spacial score (nSPS) is 12.1. The first-order valence-electron chi connectivity index (χ1n) is 16.2. The highest BCUT2D eigenvalue weighted by molar-refractivity contribution is 6.06. The second-order valence-corrected chi connectivity index (χ2v) is 14.1. The van der Waals surface area contributed by atoms with Crippen molar-refractivity contribution in [2.24, 2.45) is 0 Å². The van der Waals surface area contributed by atoms with Crippen molar-refractivity contribution in [3.05, 3.63) is 94.8 Å². The van der Waals surface area contributed by atoms with Gasteiger partial charge < -0.3 is 29.7 Å². The van der Waals surface area contributed by atoms with Gasteiger partial charge >= 0.3 is 12.1 Å². The van der Waals surface area contributed by atoms with Gasteiger partial charge in [-0.25, -0.2) is 14.0 Å². The summed E-state index contributed by atoms with van der Waals surface area (Å²) >= 11 is 0. The number of aliphatic hydroxyl groups is 1. The van der Waals surface area contributed by atoms with Gasteiger partial charge in [0.05, 0.1) is 29.5 Å². The first-order chi connectivity index (χ1) is 22.8. The maximum Gasteiger partial charge on any atom is 0.410 e. The third-order valence-electron chi connectivity index (χ3n) is 7.20. The molecule has 0 spiro atoms. The number of nitrogens with zero attached hydrogens (tertiary/aromatic N) is 2. The number of anilines is 2. The Morgan fingerprint density at radius 1 is 0.857 bits per heavy atom. The number of nitrogens with one attached hydrogen (secondary N) is 1. The third-order valence-corrected chi connectivity index (χ3v) is 7.20. The Bertz CT molecular complexity index is 1610. The van der Waals surface area contributed by atoms with Gasteiger partial charge in [-0.2, -0.15) is 0 Å². The number of Topliss-reactive ketones (excluding diaryl/α,β-unsaturated/α-hetero) is 1. The predicted octanol–water partition coefficient (Wildman–Crippen LogP) is 6.85. The summed E-state index contributed by atoms with van der Waals surface area (Å²) in [5.41, 5.74) is 1.10. The smallest absolute Gasteiger partial charge is 0.410 e. The monoisotopic (exact) mass is 677 g/mol. The predicted molar refractivity (Wildman–Crippen MR) is 187 cm³/mol. The summed E-state index contributed by atoms with van der Waals surface area (Å²) < 4.78 is 25.9. The van der Waals surface area contributed by atoms with Crippen molar-refractivity contribution in [2.45, 2.75) is 84.7 Å². The van der Waals surface area contributed by atoms with Gasteiger partial charge in [-0.1, -0.05) is 42.5 Å². The molecule has 0 fully saturated rings. The van der Waals surface area contributed by atoms with E-state index >= 15 is 4.39 Å².